The van der Waals surface area contributed by atoms with E-state index in [1.807, 2.05) is 36.5 Å². The minimum atomic E-state index is -0.153. The Kier molecular flexibility index (Phi) is 4.78. The van der Waals surface area contributed by atoms with E-state index >= 15 is 0 Å². The Morgan fingerprint density at radius 1 is 1.15 bits per heavy atom. The molecule has 4 rings (SSSR count). The molecule has 0 saturated heterocycles. The van der Waals surface area contributed by atoms with Crippen LogP contribution in [0.15, 0.2) is 61.1 Å². The van der Waals surface area contributed by atoms with E-state index in [9.17, 15) is 4.79 Å². The van der Waals surface area contributed by atoms with Crippen molar-refractivity contribution in [3.05, 3.63) is 66.6 Å². The fraction of sp³-hybridized carbons (Fsp3) is 0.158. The minimum Gasteiger partial charge on any atom is -0.484 e. The molecule has 0 saturated carbocycles. The maximum Gasteiger partial charge on any atom is 0.257 e. The van der Waals surface area contributed by atoms with Crippen LogP contribution in [-0.2, 0) is 11.2 Å². The third-order valence-corrected chi connectivity index (χ3v) is 4.21. The molecule has 0 bridgehead atoms. The van der Waals surface area contributed by atoms with Crippen LogP contribution in [0.3, 0.4) is 0 Å². The molecule has 27 heavy (non-hydrogen) atoms. The highest BCUT2D eigenvalue weighted by Gasteiger charge is 2.06. The van der Waals surface area contributed by atoms with Crippen molar-refractivity contribution < 1.29 is 9.53 Å². The molecule has 136 valence electrons. The topological polar surface area (TPSA) is 97.7 Å². The summed E-state index contributed by atoms with van der Waals surface area (Å²) in [5.41, 5.74) is 3.10. The maximum absolute atomic E-state index is 12.0. The Hall–Kier alpha value is -3.68. The van der Waals surface area contributed by atoms with Gasteiger partial charge in [0.05, 0.1) is 5.69 Å². The predicted octanol–water partition coefficient (Wildman–Crippen LogP) is 1.88. The summed E-state index contributed by atoms with van der Waals surface area (Å²) in [4.78, 5) is 15.2. The van der Waals surface area contributed by atoms with Crippen LogP contribution in [0.2, 0.25) is 0 Å². The van der Waals surface area contributed by atoms with Crippen LogP contribution in [0.1, 0.15) is 5.56 Å². The van der Waals surface area contributed by atoms with Crippen LogP contribution in [0, 0.1) is 0 Å². The van der Waals surface area contributed by atoms with E-state index in [2.05, 4.69) is 31.9 Å². The Labute approximate surface area is 155 Å². The number of ether oxygens (including phenoxy) is 1. The van der Waals surface area contributed by atoms with Gasteiger partial charge in [-0.2, -0.15) is 0 Å². The highest BCUT2D eigenvalue weighted by Crippen LogP contribution is 2.17. The number of tetrazole rings is 1. The molecule has 0 fully saturated rings. The molecule has 8 nitrogen and oxygen atoms in total. The second-order valence-electron chi connectivity index (χ2n) is 6.00. The Morgan fingerprint density at radius 2 is 2.00 bits per heavy atom. The Bertz CT molecular complexity index is 1020. The maximum atomic E-state index is 12.0. The van der Waals surface area contributed by atoms with Crippen molar-refractivity contribution in [3.63, 3.8) is 0 Å². The molecule has 0 radical (unpaired) electrons. The first-order valence-electron chi connectivity index (χ1n) is 8.57. The molecule has 2 heterocycles. The molecule has 1 amide bonds. The number of para-hydroxylation sites is 1. The van der Waals surface area contributed by atoms with Gasteiger partial charge in [0.15, 0.2) is 6.61 Å². The largest absolute Gasteiger partial charge is 0.484 e. The van der Waals surface area contributed by atoms with E-state index < -0.39 is 0 Å². The number of rotatable bonds is 7. The van der Waals surface area contributed by atoms with Gasteiger partial charge < -0.3 is 15.0 Å². The number of hydrogen-bond acceptors (Lipinski definition) is 5. The monoisotopic (exact) mass is 362 g/mol. The molecule has 8 heteroatoms. The zero-order chi connectivity index (χ0) is 18.5. The molecule has 0 aliphatic carbocycles. The molecule has 2 aromatic carbocycles. The summed E-state index contributed by atoms with van der Waals surface area (Å²) < 4.78 is 7.06. The van der Waals surface area contributed by atoms with Gasteiger partial charge in [-0.25, -0.2) is 4.68 Å². The zero-order valence-electron chi connectivity index (χ0n) is 14.5. The fourth-order valence-electron chi connectivity index (χ4n) is 2.85. The number of aromatic amines is 1. The first-order chi connectivity index (χ1) is 13.3. The molecule has 0 spiro atoms. The number of nitrogens with one attached hydrogen (secondary N) is 2. The second-order valence-corrected chi connectivity index (χ2v) is 6.00. The molecular weight excluding hydrogens is 344 g/mol. The summed E-state index contributed by atoms with van der Waals surface area (Å²) in [6, 6.07) is 15.3. The molecule has 2 aromatic heterocycles. The average Bonchev–Trinajstić information content (AvgIpc) is 3.37. The highest BCUT2D eigenvalue weighted by molar-refractivity contribution is 5.83. The lowest BCUT2D eigenvalue weighted by Crippen LogP contribution is -2.30. The zero-order valence-corrected chi connectivity index (χ0v) is 14.5. The summed E-state index contributed by atoms with van der Waals surface area (Å²) in [6.07, 6.45) is 4.26. The molecular formula is C19H18N6O2. The van der Waals surface area contributed by atoms with Gasteiger partial charge in [-0.05, 0) is 52.7 Å². The Balaban J connectivity index is 1.24. The number of amides is 1. The van der Waals surface area contributed by atoms with Crippen molar-refractivity contribution in [2.75, 3.05) is 13.2 Å². The van der Waals surface area contributed by atoms with Crippen molar-refractivity contribution in [1.82, 2.24) is 30.5 Å². The number of fused-ring (bicyclic) bond motifs is 1. The van der Waals surface area contributed by atoms with Gasteiger partial charge in [0.1, 0.15) is 12.1 Å². The quantitative estimate of drug-likeness (QED) is 0.523. The molecule has 0 unspecified atom stereocenters. The third kappa shape index (κ3) is 3.95. The number of benzene rings is 2. The van der Waals surface area contributed by atoms with E-state index in [0.29, 0.717) is 12.3 Å². The summed E-state index contributed by atoms with van der Waals surface area (Å²) >= 11 is 0. The van der Waals surface area contributed by atoms with Crippen LogP contribution in [-0.4, -0.2) is 44.3 Å². The van der Waals surface area contributed by atoms with Gasteiger partial charge in [-0.1, -0.05) is 18.2 Å². The fourth-order valence-corrected chi connectivity index (χ4v) is 2.85. The summed E-state index contributed by atoms with van der Waals surface area (Å²) in [7, 11) is 0. The standard InChI is InChI=1S/C19H18N6O2/c26-19(20-10-9-14-11-21-18-4-2-1-3-17(14)18)12-27-16-7-5-15(6-8-16)25-13-22-23-24-25/h1-8,11,13,21H,9-10,12H2,(H,20,26). The van der Waals surface area contributed by atoms with Crippen molar-refractivity contribution in [1.29, 1.82) is 0 Å². The second kappa shape index (κ2) is 7.69. The van der Waals surface area contributed by atoms with Crippen molar-refractivity contribution in [2.45, 2.75) is 6.42 Å². The van der Waals surface area contributed by atoms with E-state index in [1.165, 1.54) is 17.3 Å². The number of hydrogen-bond donors (Lipinski definition) is 2. The van der Waals surface area contributed by atoms with Gasteiger partial charge in [-0.3, -0.25) is 4.79 Å². The minimum absolute atomic E-state index is 0.0297. The molecule has 2 N–H and O–H groups in total. The van der Waals surface area contributed by atoms with Crippen LogP contribution in [0.5, 0.6) is 5.75 Å². The smallest absolute Gasteiger partial charge is 0.257 e. The van der Waals surface area contributed by atoms with Gasteiger partial charge in [0.2, 0.25) is 0 Å². The number of carbonyl (C=O) groups excluding carboxylic acids is 1. The van der Waals surface area contributed by atoms with Crippen molar-refractivity contribution in [2.24, 2.45) is 0 Å². The average molecular weight is 362 g/mol. The van der Waals surface area contributed by atoms with E-state index in [0.717, 1.165) is 17.6 Å². The van der Waals surface area contributed by atoms with Crippen LogP contribution in [0.25, 0.3) is 16.6 Å². The number of aromatic nitrogens is 5. The number of carbonyl (C=O) groups is 1. The normalized spacial score (nSPS) is 10.8. The van der Waals surface area contributed by atoms with Gasteiger partial charge in [0, 0.05) is 23.6 Å². The molecule has 0 aliphatic rings. The molecule has 0 aliphatic heterocycles. The molecule has 0 atom stereocenters. The van der Waals surface area contributed by atoms with E-state index in [1.54, 1.807) is 16.8 Å². The SMILES string of the molecule is O=C(COc1ccc(-n2cnnn2)cc1)NCCc1c[nH]c2ccccc12. The third-order valence-electron chi connectivity index (χ3n) is 4.21. The lowest BCUT2D eigenvalue weighted by molar-refractivity contribution is -0.123. The first-order valence-corrected chi connectivity index (χ1v) is 8.57. The van der Waals surface area contributed by atoms with E-state index in [-0.39, 0.29) is 12.5 Å². The lowest BCUT2D eigenvalue weighted by atomic mass is 10.1. The Morgan fingerprint density at radius 3 is 2.81 bits per heavy atom. The summed E-state index contributed by atoms with van der Waals surface area (Å²) in [5.74, 6) is 0.456. The van der Waals surface area contributed by atoms with Crippen molar-refractivity contribution >= 4 is 16.8 Å². The highest BCUT2D eigenvalue weighted by atomic mass is 16.5. The first kappa shape index (κ1) is 16.8. The van der Waals surface area contributed by atoms with Crippen LogP contribution >= 0.6 is 0 Å². The molecule has 4 aromatic rings. The predicted molar refractivity (Wildman–Crippen MR) is 99.7 cm³/mol. The van der Waals surface area contributed by atoms with Crippen LogP contribution < -0.4 is 10.1 Å². The van der Waals surface area contributed by atoms with Crippen molar-refractivity contribution in [3.8, 4) is 11.4 Å². The summed E-state index contributed by atoms with van der Waals surface area (Å²) in [5, 5.41) is 15.1. The number of nitrogens with zero attached hydrogens (tertiary/aromatic N) is 4. The van der Waals surface area contributed by atoms with Crippen LogP contribution in [0.4, 0.5) is 0 Å². The van der Waals surface area contributed by atoms with E-state index in [4.69, 9.17) is 4.74 Å². The number of H-pyrrole nitrogens is 1. The lowest BCUT2D eigenvalue weighted by Gasteiger charge is -2.08. The van der Waals surface area contributed by atoms with Gasteiger partial charge in [0.25, 0.3) is 5.91 Å². The summed E-state index contributed by atoms with van der Waals surface area (Å²) in [6.45, 7) is 0.528. The van der Waals surface area contributed by atoms with Gasteiger partial charge in [-0.15, -0.1) is 5.10 Å². The van der Waals surface area contributed by atoms with Gasteiger partial charge >= 0.3 is 0 Å².